The number of allylic oxidation sites excluding steroid dienone is 2. The van der Waals surface area contributed by atoms with Crippen LogP contribution < -0.4 is 15.9 Å². The molecular weight excluding hydrogens is 739 g/mol. The number of fused-ring (bicyclic) bond motifs is 3. The van der Waals surface area contributed by atoms with Crippen molar-refractivity contribution in [1.29, 1.82) is 0 Å². The zero-order chi connectivity index (χ0) is 44.3. The van der Waals surface area contributed by atoms with Crippen molar-refractivity contribution in [3.8, 4) is 0 Å². The van der Waals surface area contributed by atoms with Crippen molar-refractivity contribution < 1.29 is 4.42 Å². The first-order valence-electron chi connectivity index (χ1n) is 23.0. The van der Waals surface area contributed by atoms with Crippen LogP contribution in [0.25, 0.3) is 11.0 Å². The Morgan fingerprint density at radius 1 is 0.754 bits per heavy atom. The molecule has 4 heteroatoms. The molecule has 3 aromatic carbocycles. The van der Waals surface area contributed by atoms with Crippen LogP contribution in [0.3, 0.4) is 0 Å². The Morgan fingerprint density at radius 3 is 1.97 bits per heavy atom. The van der Waals surface area contributed by atoms with Crippen molar-refractivity contribution in [3.63, 3.8) is 0 Å². The topological polar surface area (TPSA) is 28.4 Å². The molecule has 1 aromatic heterocycles. The fourth-order valence-electron chi connectivity index (χ4n) is 10.0. The van der Waals surface area contributed by atoms with Crippen LogP contribution in [0.2, 0.25) is 0 Å². The molecule has 1 N–H and O–H groups in total. The van der Waals surface area contributed by atoms with Gasteiger partial charge in [-0.25, -0.2) is 0 Å². The molecule has 1 radical (unpaired) electrons. The number of nitrogens with zero attached hydrogens (tertiary/aromatic N) is 1. The average molecular weight is 814 g/mol. The number of aryl methyl sites for hydroxylation is 1. The minimum atomic E-state index is -0.100. The lowest BCUT2D eigenvalue weighted by Crippen LogP contribution is -2.37. The van der Waals surface area contributed by atoms with Crippen LogP contribution in [0.4, 0.5) is 11.4 Å². The molecule has 0 spiro atoms. The van der Waals surface area contributed by atoms with Gasteiger partial charge in [-0.15, -0.1) is 32.3 Å². The molecule has 1 heterocycles. The summed E-state index contributed by atoms with van der Waals surface area (Å²) in [5.41, 5.74) is 12.4. The second kappa shape index (κ2) is 18.3. The second-order valence-corrected chi connectivity index (χ2v) is 20.6. The standard InChI is InChI=1S/C57H74BN2O/c1-15-23-41(29-35-59-50(19-5)43(18-4)44-26-21-20-24-39(44)6)60(42-27-28-46-47(36-42)55(9,10)31-30-54(46,7)8)52-45-37-48-49(57(13,14)33-32-56(48,11)12)38-51(45)61-53(52)58-34-22-25-40(16-2)17-3/h15-16,18-22,24,26-29,34-38,40-41,43,50,59H,1-2,4-5,17,23,25,30-33H2,3,6-14H3/b34-22+,35-29+. The Labute approximate surface area is 371 Å². The third kappa shape index (κ3) is 9.40. The van der Waals surface area contributed by atoms with Gasteiger partial charge in [0.2, 0.25) is 7.28 Å². The van der Waals surface area contributed by atoms with E-state index in [1.165, 1.54) is 39.8 Å². The lowest BCUT2D eigenvalue weighted by atomic mass is 9.63. The van der Waals surface area contributed by atoms with E-state index in [4.69, 9.17) is 4.42 Å². The first-order chi connectivity index (χ1) is 28.9. The summed E-state index contributed by atoms with van der Waals surface area (Å²) in [6.45, 7) is 40.6. The summed E-state index contributed by atoms with van der Waals surface area (Å²) in [4.78, 5) is 2.55. The molecule has 0 bridgehead atoms. The Balaban J connectivity index is 1.58. The lowest BCUT2D eigenvalue weighted by Gasteiger charge is -2.43. The lowest BCUT2D eigenvalue weighted by molar-refractivity contribution is 0.332. The van der Waals surface area contributed by atoms with Crippen LogP contribution in [0.5, 0.6) is 0 Å². The van der Waals surface area contributed by atoms with E-state index < -0.39 is 0 Å². The van der Waals surface area contributed by atoms with Gasteiger partial charge in [-0.3, -0.25) is 0 Å². The Morgan fingerprint density at radius 2 is 1.38 bits per heavy atom. The maximum atomic E-state index is 7.11. The quantitative estimate of drug-likeness (QED) is 0.0801. The predicted octanol–water partition coefficient (Wildman–Crippen LogP) is 14.6. The molecule has 2 aliphatic rings. The Kier molecular flexibility index (Phi) is 13.8. The molecule has 6 rings (SSSR count). The molecule has 2 aliphatic carbocycles. The monoisotopic (exact) mass is 814 g/mol. The molecule has 4 unspecified atom stereocenters. The fourth-order valence-corrected chi connectivity index (χ4v) is 10.0. The highest BCUT2D eigenvalue weighted by Crippen LogP contribution is 2.50. The van der Waals surface area contributed by atoms with E-state index in [9.17, 15) is 0 Å². The largest absolute Gasteiger partial charge is 0.469 e. The molecule has 3 nitrogen and oxygen atoms in total. The summed E-state index contributed by atoms with van der Waals surface area (Å²) in [5, 5.41) is 4.90. The van der Waals surface area contributed by atoms with E-state index in [1.54, 1.807) is 0 Å². The summed E-state index contributed by atoms with van der Waals surface area (Å²) >= 11 is 0. The highest BCUT2D eigenvalue weighted by atomic mass is 16.3. The van der Waals surface area contributed by atoms with Crippen LogP contribution in [0.15, 0.2) is 134 Å². The van der Waals surface area contributed by atoms with Crippen LogP contribution in [-0.4, -0.2) is 19.4 Å². The molecule has 321 valence electrons. The summed E-state index contributed by atoms with van der Waals surface area (Å²) in [5.74, 6) is 2.69. The molecule has 0 saturated heterocycles. The van der Waals surface area contributed by atoms with Crippen LogP contribution in [0.1, 0.15) is 147 Å². The van der Waals surface area contributed by atoms with Crippen molar-refractivity contribution in [2.24, 2.45) is 5.92 Å². The second-order valence-electron chi connectivity index (χ2n) is 20.6. The van der Waals surface area contributed by atoms with Gasteiger partial charge in [-0.2, -0.15) is 0 Å². The summed E-state index contributed by atoms with van der Waals surface area (Å²) in [7, 11) is 2.19. The van der Waals surface area contributed by atoms with E-state index in [1.807, 2.05) is 12.2 Å². The number of benzene rings is 3. The van der Waals surface area contributed by atoms with Crippen molar-refractivity contribution in [2.45, 2.75) is 154 Å². The smallest absolute Gasteiger partial charge is 0.234 e. The number of hydrogen-bond acceptors (Lipinski definition) is 3. The third-order valence-corrected chi connectivity index (χ3v) is 14.5. The molecule has 0 fully saturated rings. The van der Waals surface area contributed by atoms with E-state index in [0.717, 1.165) is 60.1 Å². The van der Waals surface area contributed by atoms with E-state index in [-0.39, 0.29) is 39.7 Å². The summed E-state index contributed by atoms with van der Waals surface area (Å²) in [6.07, 6.45) is 22.2. The number of rotatable bonds is 18. The predicted molar refractivity (Wildman–Crippen MR) is 267 cm³/mol. The normalized spacial score (nSPS) is 19.3. The van der Waals surface area contributed by atoms with Crippen LogP contribution in [0, 0.1) is 12.8 Å². The van der Waals surface area contributed by atoms with Gasteiger partial charge in [0.25, 0.3) is 0 Å². The zero-order valence-electron chi connectivity index (χ0n) is 39.3. The van der Waals surface area contributed by atoms with Gasteiger partial charge in [0, 0.05) is 17.0 Å². The van der Waals surface area contributed by atoms with Crippen molar-refractivity contribution in [1.82, 2.24) is 5.32 Å². The van der Waals surface area contributed by atoms with E-state index in [0.29, 0.717) is 12.3 Å². The Hall–Kier alpha value is -4.70. The SMILES string of the molecule is C=CCC(/C=C/NC(C=C)C(C=C)c1ccccc1C)N(c1ccc2c(c1)C(C)(C)CCC2(C)C)c1c([B]/C=C/CC(C=C)CC)oc2cc3c(cc12)C(C)(C)CCC3(C)C. The first-order valence-corrected chi connectivity index (χ1v) is 23.0. The molecule has 0 saturated carbocycles. The molecule has 61 heavy (non-hydrogen) atoms. The fraction of sp³-hybridized carbons (Fsp3) is 0.439. The minimum absolute atomic E-state index is 0.0340. The minimum Gasteiger partial charge on any atom is -0.469 e. The van der Waals surface area contributed by atoms with Gasteiger partial charge in [0.05, 0.1) is 23.4 Å². The highest BCUT2D eigenvalue weighted by Gasteiger charge is 2.40. The molecule has 0 amide bonds. The van der Waals surface area contributed by atoms with Crippen molar-refractivity contribution in [2.75, 3.05) is 4.90 Å². The van der Waals surface area contributed by atoms with Gasteiger partial charge in [-0.05, 0) is 149 Å². The van der Waals surface area contributed by atoms with Crippen molar-refractivity contribution >= 4 is 35.3 Å². The van der Waals surface area contributed by atoms with Gasteiger partial charge >= 0.3 is 0 Å². The zero-order valence-corrected chi connectivity index (χ0v) is 39.3. The number of anilines is 2. The summed E-state index contributed by atoms with van der Waals surface area (Å²) < 4.78 is 7.11. The van der Waals surface area contributed by atoms with Crippen LogP contribution >= 0.6 is 0 Å². The van der Waals surface area contributed by atoms with Crippen molar-refractivity contribution in [3.05, 3.63) is 163 Å². The van der Waals surface area contributed by atoms with Gasteiger partial charge in [0.1, 0.15) is 5.58 Å². The molecule has 0 aliphatic heterocycles. The Bertz CT molecular complexity index is 2290. The maximum absolute atomic E-state index is 7.11. The number of hydrogen-bond donors (Lipinski definition) is 1. The van der Waals surface area contributed by atoms with Gasteiger partial charge in [-0.1, -0.05) is 123 Å². The third-order valence-electron chi connectivity index (χ3n) is 14.5. The first kappa shape index (κ1) is 45.8. The van der Waals surface area contributed by atoms with E-state index in [2.05, 4.69) is 204 Å². The average Bonchev–Trinajstić information content (AvgIpc) is 3.58. The van der Waals surface area contributed by atoms with Gasteiger partial charge < -0.3 is 14.6 Å². The molecule has 4 atom stereocenters. The van der Waals surface area contributed by atoms with Gasteiger partial charge in [0.15, 0.2) is 0 Å². The maximum Gasteiger partial charge on any atom is 0.234 e. The number of furan rings is 1. The number of nitrogens with one attached hydrogen (secondary N) is 1. The molecular formula is C57H74BN2O. The highest BCUT2D eigenvalue weighted by molar-refractivity contribution is 6.60. The van der Waals surface area contributed by atoms with E-state index >= 15 is 0 Å². The molecule has 4 aromatic rings. The van der Waals surface area contributed by atoms with Crippen LogP contribution in [-0.2, 0) is 21.7 Å². The summed E-state index contributed by atoms with van der Waals surface area (Å²) in [6, 6.07) is 20.5.